The first-order valence-electron chi connectivity index (χ1n) is 30.2. The highest BCUT2D eigenvalue weighted by Gasteiger charge is 2.31. The molecule has 8 bridgehead atoms. The summed E-state index contributed by atoms with van der Waals surface area (Å²) in [5.74, 6) is 0.801. The van der Waals surface area contributed by atoms with Crippen molar-refractivity contribution in [3.8, 4) is 23.0 Å². The van der Waals surface area contributed by atoms with Crippen LogP contribution in [0.1, 0.15) is 169 Å². The SMILES string of the molecule is COC(=O)c1ccc(COc2c3cc(C(C)(C)C)cc2Sc2cc(C(C)(C)C)cc(c2OCc2ccc(C(=O)OC)cc2)Sc2cc(C(C)(C)C)cc(c2OCc2ccc(C(=O)OC)cc2)Sc2cc(C(C)(C)C)cc(c2OCc2ccc(C(=O)OC)cc2)S3)cc1. The lowest BCUT2D eigenvalue weighted by Crippen LogP contribution is -2.14. The summed E-state index contributed by atoms with van der Waals surface area (Å²) in [6, 6.07) is 46.8. The predicted molar refractivity (Wildman–Crippen MR) is 366 cm³/mol. The monoisotopic (exact) mass is 1310 g/mol. The zero-order valence-corrected chi connectivity index (χ0v) is 58.5. The second-order valence-corrected chi connectivity index (χ2v) is 30.9. The molecule has 0 radical (unpaired) electrons. The fraction of sp³-hybridized carbons (Fsp3) is 0.316. The van der Waals surface area contributed by atoms with Gasteiger partial charge >= 0.3 is 23.9 Å². The minimum atomic E-state index is -0.431. The van der Waals surface area contributed by atoms with Gasteiger partial charge in [-0.25, -0.2) is 19.2 Å². The van der Waals surface area contributed by atoms with Gasteiger partial charge in [-0.15, -0.1) is 0 Å². The number of ether oxygens (including phenoxy) is 8. The summed E-state index contributed by atoms with van der Waals surface area (Å²) >= 11 is 6.28. The summed E-state index contributed by atoms with van der Waals surface area (Å²) in [7, 11) is 5.47. The summed E-state index contributed by atoms with van der Waals surface area (Å²) in [4.78, 5) is 57.3. The van der Waals surface area contributed by atoms with Gasteiger partial charge in [-0.05, 0) is 163 Å². The zero-order valence-electron chi connectivity index (χ0n) is 55.2. The molecule has 12 nitrogen and oxygen atoms in total. The van der Waals surface area contributed by atoms with Crippen LogP contribution in [-0.2, 0) is 67.0 Å². The van der Waals surface area contributed by atoms with Gasteiger partial charge in [0.25, 0.3) is 0 Å². The van der Waals surface area contributed by atoms with E-state index in [0.717, 1.165) is 83.7 Å². The molecule has 480 valence electrons. The minimum Gasteiger partial charge on any atom is -0.487 e. The molecule has 8 aromatic rings. The molecule has 0 saturated carbocycles. The van der Waals surface area contributed by atoms with Gasteiger partial charge in [-0.2, -0.15) is 0 Å². The van der Waals surface area contributed by atoms with Crippen molar-refractivity contribution >= 4 is 70.9 Å². The molecule has 16 heteroatoms. The summed E-state index contributed by atoms with van der Waals surface area (Å²) < 4.78 is 49.3. The highest BCUT2D eigenvalue weighted by molar-refractivity contribution is 8.01. The van der Waals surface area contributed by atoms with Gasteiger partial charge in [0.1, 0.15) is 49.4 Å². The number of rotatable bonds is 16. The van der Waals surface area contributed by atoms with Crippen molar-refractivity contribution in [2.75, 3.05) is 28.4 Å². The van der Waals surface area contributed by atoms with Crippen LogP contribution in [0.15, 0.2) is 185 Å². The Balaban J connectivity index is 1.36. The van der Waals surface area contributed by atoms with E-state index in [1.165, 1.54) is 28.4 Å². The molecule has 0 saturated heterocycles. The molecule has 0 amide bonds. The number of esters is 4. The molecule has 9 rings (SSSR count). The lowest BCUT2D eigenvalue weighted by atomic mass is 9.87. The van der Waals surface area contributed by atoms with Gasteiger partial charge in [0.2, 0.25) is 0 Å². The first-order chi connectivity index (χ1) is 43.5. The van der Waals surface area contributed by atoms with Crippen LogP contribution in [0, 0.1) is 0 Å². The van der Waals surface area contributed by atoms with E-state index in [9.17, 15) is 19.2 Å². The third-order valence-corrected chi connectivity index (χ3v) is 19.6. The number of carbonyl (C=O) groups excluding carboxylic acids is 4. The van der Waals surface area contributed by atoms with Gasteiger partial charge in [-0.3, -0.25) is 0 Å². The number of carbonyl (C=O) groups is 4. The number of hydrogen-bond donors (Lipinski definition) is 0. The fourth-order valence-electron chi connectivity index (χ4n) is 9.73. The maximum Gasteiger partial charge on any atom is 0.337 e. The van der Waals surface area contributed by atoms with Crippen molar-refractivity contribution in [2.24, 2.45) is 0 Å². The van der Waals surface area contributed by atoms with Crippen molar-refractivity contribution in [2.45, 2.75) is 170 Å². The Morgan fingerprint density at radius 3 is 0.554 bits per heavy atom. The smallest absolute Gasteiger partial charge is 0.337 e. The van der Waals surface area contributed by atoms with E-state index < -0.39 is 23.9 Å². The van der Waals surface area contributed by atoms with E-state index >= 15 is 0 Å². The maximum absolute atomic E-state index is 12.6. The third kappa shape index (κ3) is 16.7. The highest BCUT2D eigenvalue weighted by atomic mass is 32.2. The van der Waals surface area contributed by atoms with E-state index in [4.69, 9.17) is 37.9 Å². The van der Waals surface area contributed by atoms with E-state index in [2.05, 4.69) is 132 Å². The molecule has 1 aliphatic heterocycles. The normalized spacial score (nSPS) is 12.5. The van der Waals surface area contributed by atoms with Crippen molar-refractivity contribution in [3.05, 3.63) is 212 Å². The predicted octanol–water partition coefficient (Wildman–Crippen LogP) is 19.3. The molecule has 0 aliphatic carbocycles. The fourth-order valence-corrected chi connectivity index (χ4v) is 14.5. The van der Waals surface area contributed by atoms with Crippen LogP contribution in [0.2, 0.25) is 0 Å². The van der Waals surface area contributed by atoms with Crippen LogP contribution >= 0.6 is 47.0 Å². The molecule has 8 aromatic carbocycles. The van der Waals surface area contributed by atoms with E-state index in [-0.39, 0.29) is 48.1 Å². The Morgan fingerprint density at radius 1 is 0.272 bits per heavy atom. The molecular formula is C76H80O12S4. The second kappa shape index (κ2) is 28.6. The molecule has 0 aromatic heterocycles. The van der Waals surface area contributed by atoms with Gasteiger partial charge < -0.3 is 37.9 Å². The number of methoxy groups -OCH3 is 4. The van der Waals surface area contributed by atoms with Crippen LogP contribution in [0.3, 0.4) is 0 Å². The van der Waals surface area contributed by atoms with Crippen molar-refractivity contribution in [1.29, 1.82) is 0 Å². The standard InChI is InChI=1S/C76H80O12S4/c1-73(2,3)53-33-57-65(85-41-45-17-25-49(26-18-45)69(77)81-13)58(34-53)90-60-36-55(75(7,8)9)38-62(67(60)87-43-47-21-29-51(30-22-47)71(79)83-15)92-64-40-56(76(10,11)12)39-63(68(64)88-44-48-23-31-52(32-24-48)72(80)84-16)91-61-37-54(74(4,5)6)35-59(89-57)66(61)86-42-46-19-27-50(28-20-46)70(78)82-14/h17-40H,41-44H2,1-16H3. The topological polar surface area (TPSA) is 142 Å². The molecule has 0 spiro atoms. The quantitative estimate of drug-likeness (QED) is 0.0668. The van der Waals surface area contributed by atoms with Crippen LogP contribution in [0.4, 0.5) is 0 Å². The van der Waals surface area contributed by atoms with Crippen LogP contribution < -0.4 is 18.9 Å². The summed E-state index contributed by atoms with van der Waals surface area (Å²) in [5, 5.41) is 0. The van der Waals surface area contributed by atoms with Crippen LogP contribution in [-0.4, -0.2) is 52.3 Å². The minimum absolute atomic E-state index is 0.155. The van der Waals surface area contributed by atoms with Gasteiger partial charge in [0.05, 0.1) is 89.9 Å². The Labute approximate surface area is 558 Å². The third-order valence-electron chi connectivity index (χ3n) is 15.5. The van der Waals surface area contributed by atoms with Crippen molar-refractivity contribution in [3.63, 3.8) is 0 Å². The second-order valence-electron chi connectivity index (χ2n) is 26.5. The highest BCUT2D eigenvalue weighted by Crippen LogP contribution is 2.57. The largest absolute Gasteiger partial charge is 0.487 e. The molecule has 0 unspecified atom stereocenters. The molecule has 1 heterocycles. The molecule has 0 fully saturated rings. The molecule has 92 heavy (non-hydrogen) atoms. The number of fused-ring (bicyclic) bond motifs is 8. The Bertz CT molecular complexity index is 3400. The zero-order chi connectivity index (χ0) is 66.5. The Hall–Kier alpha value is -7.76. The van der Waals surface area contributed by atoms with Crippen molar-refractivity contribution in [1.82, 2.24) is 0 Å². The summed E-state index contributed by atoms with van der Waals surface area (Å²) in [5.41, 5.74) is 7.91. The molecule has 0 atom stereocenters. The first kappa shape index (κ1) is 68.6. The number of hydrogen-bond acceptors (Lipinski definition) is 16. The van der Waals surface area contributed by atoms with Gasteiger partial charge in [0, 0.05) is 0 Å². The average molecular weight is 1310 g/mol. The van der Waals surface area contributed by atoms with E-state index in [0.29, 0.717) is 45.3 Å². The lowest BCUT2D eigenvalue weighted by Gasteiger charge is -2.28. The van der Waals surface area contributed by atoms with Crippen LogP contribution in [0.5, 0.6) is 23.0 Å². The molecular weight excluding hydrogens is 1230 g/mol. The Kier molecular flexibility index (Phi) is 21.3. The summed E-state index contributed by atoms with van der Waals surface area (Å²) in [6.45, 7) is 27.1. The average Bonchev–Trinajstić information content (AvgIpc) is 0.770. The van der Waals surface area contributed by atoms with Crippen molar-refractivity contribution < 1.29 is 57.1 Å². The van der Waals surface area contributed by atoms with Gasteiger partial charge in [0.15, 0.2) is 0 Å². The van der Waals surface area contributed by atoms with Crippen LogP contribution in [0.25, 0.3) is 0 Å². The first-order valence-corrected chi connectivity index (χ1v) is 33.5. The van der Waals surface area contributed by atoms with Gasteiger partial charge in [-0.1, -0.05) is 179 Å². The van der Waals surface area contributed by atoms with E-state index in [1.54, 1.807) is 95.6 Å². The summed E-state index contributed by atoms with van der Waals surface area (Å²) in [6.07, 6.45) is 0. The maximum atomic E-state index is 12.6. The molecule has 0 N–H and O–H groups in total. The lowest BCUT2D eigenvalue weighted by molar-refractivity contribution is 0.0592. The van der Waals surface area contributed by atoms with E-state index in [1.807, 2.05) is 48.5 Å². The molecule has 1 aliphatic rings. The number of benzene rings is 8. The Morgan fingerprint density at radius 2 is 0.424 bits per heavy atom.